The van der Waals surface area contributed by atoms with Crippen LogP contribution in [0.25, 0.3) is 0 Å². The number of carboxylic acid groups (broad SMARTS) is 2. The topological polar surface area (TPSA) is 290 Å². The summed E-state index contributed by atoms with van der Waals surface area (Å²) in [6.45, 7) is 19.3. The highest BCUT2D eigenvalue weighted by Crippen LogP contribution is 2.76. The highest BCUT2D eigenvalue weighted by Gasteiger charge is 2.72. The molecule has 4 saturated carbocycles. The SMILES string of the molecule is C[C@@H]1O[C@@H]([C@@H]2CC(C)(C)C[C@H]3C4=CC(=O)[C@@H]5[C@@]6(C)CC[C@H]([C@@H]7O[C@H](C(=O)O)[C@@H](O)[C@H](O)[C@H]7O[C@@H]7O[C@H](C(=O)O)[C@@H](O)[C@H](O)[C@H]7O)C(C)(C)[C@@H]6CC[C@@]5(C)[C@]4(C)CC[C@]32C)[C@H](O)[C@H](O)[C@H]1O. The molecule has 3 saturated heterocycles. The van der Waals surface area contributed by atoms with Gasteiger partial charge in [-0.05, 0) is 121 Å². The van der Waals surface area contributed by atoms with Crippen LogP contribution in [0.15, 0.2) is 11.6 Å². The summed E-state index contributed by atoms with van der Waals surface area (Å²) in [6, 6.07) is 0. The molecule has 0 aromatic rings. The van der Waals surface area contributed by atoms with Crippen molar-refractivity contribution >= 4 is 17.7 Å². The van der Waals surface area contributed by atoms with Gasteiger partial charge in [0.15, 0.2) is 24.3 Å². The molecule has 3 heterocycles. The van der Waals surface area contributed by atoms with Gasteiger partial charge in [-0.15, -0.1) is 0 Å². The molecule has 5 aliphatic carbocycles. The van der Waals surface area contributed by atoms with Gasteiger partial charge in [0, 0.05) is 5.92 Å². The zero-order valence-corrected chi connectivity index (χ0v) is 39.1. The summed E-state index contributed by atoms with van der Waals surface area (Å²) in [7, 11) is 0. The number of ether oxygens (including phenoxy) is 4. The molecule has 65 heavy (non-hydrogen) atoms. The zero-order valence-electron chi connectivity index (χ0n) is 39.1. The van der Waals surface area contributed by atoms with Crippen molar-refractivity contribution < 1.29 is 84.4 Å². The van der Waals surface area contributed by atoms with Crippen molar-refractivity contribution in [1.82, 2.24) is 0 Å². The Kier molecular flexibility index (Phi) is 12.3. The van der Waals surface area contributed by atoms with Gasteiger partial charge in [-0.2, -0.15) is 0 Å². The van der Waals surface area contributed by atoms with Crippen LogP contribution in [0.4, 0.5) is 0 Å². The fourth-order valence-corrected chi connectivity index (χ4v) is 16.1. The van der Waals surface area contributed by atoms with Gasteiger partial charge in [0.05, 0.1) is 18.3 Å². The van der Waals surface area contributed by atoms with Crippen LogP contribution in [0.3, 0.4) is 0 Å². The molecule has 8 rings (SSSR count). The number of carbonyl (C=O) groups is 3. The Bertz CT molecular complexity index is 1920. The molecule has 0 aromatic carbocycles. The molecular weight excluding hydrogens is 849 g/mol. The largest absolute Gasteiger partial charge is 0.479 e. The Morgan fingerprint density at radius 2 is 1.23 bits per heavy atom. The van der Waals surface area contributed by atoms with E-state index in [1.807, 2.05) is 19.9 Å². The maximum absolute atomic E-state index is 15.3. The van der Waals surface area contributed by atoms with Gasteiger partial charge in [-0.1, -0.05) is 61.0 Å². The Morgan fingerprint density at radius 3 is 1.86 bits per heavy atom. The van der Waals surface area contributed by atoms with Crippen LogP contribution in [0.5, 0.6) is 0 Å². The second-order valence-corrected chi connectivity index (χ2v) is 23.9. The number of hydrogen-bond donors (Lipinski definition) is 10. The quantitative estimate of drug-likeness (QED) is 0.181. The van der Waals surface area contributed by atoms with Gasteiger partial charge in [-0.25, -0.2) is 9.59 Å². The van der Waals surface area contributed by atoms with Crippen molar-refractivity contribution in [3.05, 3.63) is 11.6 Å². The number of carboxylic acids is 2. The summed E-state index contributed by atoms with van der Waals surface area (Å²) < 4.78 is 24.0. The van der Waals surface area contributed by atoms with E-state index in [0.717, 1.165) is 31.3 Å². The van der Waals surface area contributed by atoms with Gasteiger partial charge in [-0.3, -0.25) is 4.79 Å². The Balaban J connectivity index is 1.12. The molecule has 8 aliphatic rings. The number of fused-ring (bicyclic) bond motifs is 7. The molecule has 17 nitrogen and oxygen atoms in total. The highest BCUT2D eigenvalue weighted by molar-refractivity contribution is 5.95. The summed E-state index contributed by atoms with van der Waals surface area (Å²) in [5.74, 6) is -4.41. The number of carbonyl (C=O) groups excluding carboxylic acids is 1. The normalized spacial score (nSPS) is 55.1. The minimum absolute atomic E-state index is 0.0179. The number of aliphatic hydroxyl groups is 8. The molecule has 0 unspecified atom stereocenters. The average molecular weight is 923 g/mol. The smallest absolute Gasteiger partial charge is 0.335 e. The van der Waals surface area contributed by atoms with E-state index in [2.05, 4.69) is 41.5 Å². The van der Waals surface area contributed by atoms with Crippen LogP contribution < -0.4 is 0 Å². The Morgan fingerprint density at radius 1 is 0.631 bits per heavy atom. The van der Waals surface area contributed by atoms with Crippen LogP contribution >= 0.6 is 0 Å². The molecule has 7 fully saturated rings. The van der Waals surface area contributed by atoms with Crippen molar-refractivity contribution in [2.75, 3.05) is 0 Å². The Hall–Kier alpha value is -2.13. The second kappa shape index (κ2) is 16.2. The fraction of sp³-hybridized carbons (Fsp3) is 0.896. The van der Waals surface area contributed by atoms with E-state index in [1.165, 1.54) is 0 Å². The minimum Gasteiger partial charge on any atom is -0.479 e. The average Bonchev–Trinajstić information content (AvgIpc) is 3.21. The molecule has 0 spiro atoms. The van der Waals surface area contributed by atoms with Crippen LogP contribution in [0.2, 0.25) is 0 Å². The van der Waals surface area contributed by atoms with Gasteiger partial charge < -0.3 is 70.0 Å². The third-order valence-electron chi connectivity index (χ3n) is 19.7. The molecule has 0 bridgehead atoms. The van der Waals surface area contributed by atoms with E-state index in [4.69, 9.17) is 18.9 Å². The van der Waals surface area contributed by atoms with Crippen molar-refractivity contribution in [3.63, 3.8) is 0 Å². The van der Waals surface area contributed by atoms with Crippen LogP contribution in [-0.2, 0) is 33.3 Å². The van der Waals surface area contributed by atoms with Gasteiger partial charge in [0.25, 0.3) is 0 Å². The monoisotopic (exact) mass is 922 g/mol. The third-order valence-corrected chi connectivity index (χ3v) is 19.7. The fourth-order valence-electron chi connectivity index (χ4n) is 16.1. The number of aliphatic carboxylic acids is 2. The predicted octanol–water partition coefficient (Wildman–Crippen LogP) is 1.55. The van der Waals surface area contributed by atoms with E-state index in [9.17, 15) is 60.7 Å². The molecular formula is C48H74O17. The second-order valence-electron chi connectivity index (χ2n) is 23.9. The molecule has 368 valence electrons. The number of rotatable bonds is 6. The first-order valence-electron chi connectivity index (χ1n) is 23.8. The maximum Gasteiger partial charge on any atom is 0.335 e. The summed E-state index contributed by atoms with van der Waals surface area (Å²) in [4.78, 5) is 39.7. The first kappa shape index (κ1) is 49.3. The number of allylic oxidation sites excluding steroid dienone is 2. The summed E-state index contributed by atoms with van der Waals surface area (Å²) in [5.41, 5.74) is -1.59. The number of aliphatic hydroxyl groups excluding tert-OH is 8. The standard InChI is InChI=1S/C48H74O17/c1-19-26(50)27(51)29(53)34(62-19)23-18-43(2,3)17-22-21-16-24(49)39-46(7)12-10-20(44(4,5)25(46)11-13-48(39,9)47(21,8)15-14-45(22,23)6)35-36(31(55)32(56)37(63-35)40(58)59)64-42-33(57)28(52)30(54)38(65-42)41(60)61/h16,19-20,22-23,25-39,42,50-57H,10-15,17-18H2,1-9H3,(H,58,59)(H,60,61)/t19-,20+,22-,23-,25-,26-,27+,28-,29+,30-,31-,32-,33+,34-,35-,36+,37-,38-,39+,42+,45+,46-,47+,48+/m0/s1. The Labute approximate surface area is 380 Å². The molecule has 17 heteroatoms. The molecule has 3 aliphatic heterocycles. The van der Waals surface area contributed by atoms with Crippen molar-refractivity contribution in [2.24, 2.45) is 62.1 Å². The first-order chi connectivity index (χ1) is 30.0. The van der Waals surface area contributed by atoms with Crippen molar-refractivity contribution in [1.29, 1.82) is 0 Å². The summed E-state index contributed by atoms with van der Waals surface area (Å²) in [5, 5.41) is 107. The van der Waals surface area contributed by atoms with E-state index in [1.54, 1.807) is 6.92 Å². The minimum atomic E-state index is -2.02. The van der Waals surface area contributed by atoms with Crippen molar-refractivity contribution in [2.45, 2.75) is 205 Å². The van der Waals surface area contributed by atoms with E-state index in [-0.39, 0.29) is 39.8 Å². The van der Waals surface area contributed by atoms with Gasteiger partial charge in [0.2, 0.25) is 0 Å². The van der Waals surface area contributed by atoms with E-state index < -0.39 is 132 Å². The molecule has 10 N–H and O–H groups in total. The third kappa shape index (κ3) is 7.17. The lowest BCUT2D eigenvalue weighted by atomic mass is 9.32. The molecule has 0 radical (unpaired) electrons. The highest BCUT2D eigenvalue weighted by atomic mass is 16.7. The molecule has 0 amide bonds. The summed E-state index contributed by atoms with van der Waals surface area (Å²) in [6.07, 6.45) is -16.4. The number of hydrogen-bond acceptors (Lipinski definition) is 15. The van der Waals surface area contributed by atoms with Gasteiger partial charge in [0.1, 0.15) is 54.9 Å². The first-order valence-corrected chi connectivity index (χ1v) is 23.8. The van der Waals surface area contributed by atoms with Crippen molar-refractivity contribution in [3.8, 4) is 0 Å². The van der Waals surface area contributed by atoms with Crippen LogP contribution in [-0.4, -0.2) is 161 Å². The van der Waals surface area contributed by atoms with E-state index in [0.29, 0.717) is 25.7 Å². The van der Waals surface area contributed by atoms with Gasteiger partial charge >= 0.3 is 11.9 Å². The lowest BCUT2D eigenvalue weighted by Crippen LogP contribution is -2.70. The summed E-state index contributed by atoms with van der Waals surface area (Å²) >= 11 is 0. The number of ketones is 1. The van der Waals surface area contributed by atoms with E-state index >= 15 is 4.79 Å². The lowest BCUT2D eigenvalue weighted by Gasteiger charge is -2.72. The zero-order chi connectivity index (χ0) is 48.0. The lowest BCUT2D eigenvalue weighted by molar-refractivity contribution is -0.342. The molecule has 24 atom stereocenters. The molecule has 0 aromatic heterocycles. The maximum atomic E-state index is 15.3. The predicted molar refractivity (Wildman–Crippen MR) is 227 cm³/mol. The van der Waals surface area contributed by atoms with Crippen LogP contribution in [0.1, 0.15) is 114 Å². The van der Waals surface area contributed by atoms with Crippen LogP contribution in [0, 0.1) is 62.1 Å².